The summed E-state index contributed by atoms with van der Waals surface area (Å²) in [7, 11) is 0. The van der Waals surface area contributed by atoms with Gasteiger partial charge in [-0.1, -0.05) is 18.6 Å². The first kappa shape index (κ1) is 22.0. The van der Waals surface area contributed by atoms with Crippen molar-refractivity contribution in [2.45, 2.75) is 32.1 Å². The molecular weight excluding hydrogens is 340 g/mol. The molecule has 0 atom stereocenters. The highest BCUT2D eigenvalue weighted by molar-refractivity contribution is 5.66. The van der Waals surface area contributed by atoms with Crippen molar-refractivity contribution in [2.75, 3.05) is 39.5 Å². The number of non-ortho nitro benzene ring substituents is 1. The summed E-state index contributed by atoms with van der Waals surface area (Å²) >= 11 is 0. The zero-order chi connectivity index (χ0) is 19.2. The van der Waals surface area contributed by atoms with Gasteiger partial charge in [0.15, 0.2) is 0 Å². The number of nitro benzene ring substituents is 1. The van der Waals surface area contributed by atoms with E-state index in [1.165, 1.54) is 12.1 Å². The molecule has 0 spiro atoms. The number of nitrogens with zero attached hydrogens (tertiary/aromatic N) is 2. The number of nitro groups is 1. The first-order chi connectivity index (χ1) is 12.5. The fraction of sp³-hybridized carbons (Fsp3) is 0.611. The molecule has 0 amide bonds. The van der Waals surface area contributed by atoms with Gasteiger partial charge in [0, 0.05) is 38.2 Å². The molecule has 146 valence electrons. The van der Waals surface area contributed by atoms with Crippen LogP contribution in [0.3, 0.4) is 0 Å². The number of carboxylic acid groups (broad SMARTS) is 1. The largest absolute Gasteiger partial charge is 0.481 e. The molecule has 2 N–H and O–H groups in total. The Kier molecular flexibility index (Phi) is 11.2. The van der Waals surface area contributed by atoms with E-state index in [1.54, 1.807) is 12.1 Å². The number of hydrogen-bond acceptors (Lipinski definition) is 6. The van der Waals surface area contributed by atoms with Crippen LogP contribution in [-0.4, -0.2) is 65.5 Å². The van der Waals surface area contributed by atoms with Gasteiger partial charge in [-0.25, -0.2) is 0 Å². The Morgan fingerprint density at radius 1 is 1.15 bits per heavy atom. The molecule has 2 rings (SSSR count). The van der Waals surface area contributed by atoms with Crippen LogP contribution < -0.4 is 0 Å². The third-order valence-corrected chi connectivity index (χ3v) is 4.02. The zero-order valence-corrected chi connectivity index (χ0v) is 15.0. The van der Waals surface area contributed by atoms with Crippen molar-refractivity contribution in [1.29, 1.82) is 0 Å². The quantitative estimate of drug-likeness (QED) is 0.390. The number of aliphatic hydroxyl groups excluding tert-OH is 1. The maximum absolute atomic E-state index is 10.2. The predicted molar refractivity (Wildman–Crippen MR) is 97.2 cm³/mol. The molecule has 26 heavy (non-hydrogen) atoms. The molecule has 0 bridgehead atoms. The molecule has 1 aliphatic rings. The first-order valence-electron chi connectivity index (χ1n) is 8.89. The summed E-state index contributed by atoms with van der Waals surface area (Å²) in [4.78, 5) is 22.4. The fourth-order valence-electron chi connectivity index (χ4n) is 2.53. The second-order valence-electron chi connectivity index (χ2n) is 6.06. The molecule has 0 unspecified atom stereocenters. The Bertz CT molecular complexity index is 529. The molecule has 0 aliphatic carbocycles. The number of rotatable bonds is 9. The topological polar surface area (TPSA) is 113 Å². The van der Waals surface area contributed by atoms with Crippen molar-refractivity contribution in [3.05, 3.63) is 39.9 Å². The summed E-state index contributed by atoms with van der Waals surface area (Å²) < 4.78 is 5.24. The molecular formula is C18H28N2O6. The van der Waals surface area contributed by atoms with Gasteiger partial charge < -0.3 is 14.9 Å². The fourth-order valence-corrected chi connectivity index (χ4v) is 2.53. The van der Waals surface area contributed by atoms with Crippen LogP contribution in [0.5, 0.6) is 0 Å². The summed E-state index contributed by atoms with van der Waals surface area (Å²) in [6.07, 6.45) is 3.78. The Balaban J connectivity index is 0.000000263. The second kappa shape index (κ2) is 13.2. The average molecular weight is 368 g/mol. The highest BCUT2D eigenvalue weighted by atomic mass is 16.6. The van der Waals surface area contributed by atoms with Gasteiger partial charge >= 0.3 is 5.97 Å². The van der Waals surface area contributed by atoms with Crippen molar-refractivity contribution >= 4 is 11.7 Å². The van der Waals surface area contributed by atoms with E-state index in [0.29, 0.717) is 12.8 Å². The van der Waals surface area contributed by atoms with E-state index in [2.05, 4.69) is 4.90 Å². The summed E-state index contributed by atoms with van der Waals surface area (Å²) in [5.41, 5.74) is 0.986. The van der Waals surface area contributed by atoms with Gasteiger partial charge in [0.2, 0.25) is 0 Å². The van der Waals surface area contributed by atoms with Gasteiger partial charge in [0.25, 0.3) is 5.69 Å². The Morgan fingerprint density at radius 3 is 2.35 bits per heavy atom. The number of unbranched alkanes of at least 4 members (excludes halogenated alkanes) is 2. The van der Waals surface area contributed by atoms with Crippen molar-refractivity contribution in [3.8, 4) is 0 Å². The van der Waals surface area contributed by atoms with Gasteiger partial charge in [-0.2, -0.15) is 0 Å². The molecule has 1 aromatic carbocycles. The lowest BCUT2D eigenvalue weighted by Crippen LogP contribution is -2.36. The number of carbonyl (C=O) groups is 1. The molecule has 0 radical (unpaired) electrons. The van der Waals surface area contributed by atoms with Crippen LogP contribution in [0.2, 0.25) is 0 Å². The maximum atomic E-state index is 10.2. The molecule has 0 aromatic heterocycles. The lowest BCUT2D eigenvalue weighted by Gasteiger charge is -2.26. The van der Waals surface area contributed by atoms with Crippen LogP contribution in [0.1, 0.15) is 31.2 Å². The summed E-state index contributed by atoms with van der Waals surface area (Å²) in [5, 5.41) is 27.2. The average Bonchev–Trinajstić information content (AvgIpc) is 2.63. The lowest BCUT2D eigenvalue weighted by molar-refractivity contribution is -0.384. The van der Waals surface area contributed by atoms with E-state index in [0.717, 1.165) is 57.7 Å². The molecule has 8 heteroatoms. The minimum Gasteiger partial charge on any atom is -0.481 e. The Labute approximate surface area is 153 Å². The molecule has 1 saturated heterocycles. The van der Waals surface area contributed by atoms with Gasteiger partial charge in [-0.3, -0.25) is 19.8 Å². The standard InChI is InChI=1S/C10H19NO3.C8H9NO3/c12-10(13)4-2-1-3-5-11-6-8-14-9-7-11;10-6-5-7-1-3-8(4-2-7)9(11)12/h1-9H2,(H,12,13);1-4,10H,5-6H2. The number of aliphatic hydroxyl groups is 1. The number of ether oxygens (including phenoxy) is 1. The number of hydrogen-bond donors (Lipinski definition) is 2. The summed E-state index contributed by atoms with van der Waals surface area (Å²) in [5.74, 6) is -0.684. The number of carboxylic acids is 1. The third-order valence-electron chi connectivity index (χ3n) is 4.02. The SMILES string of the molecule is O=C(O)CCCCCN1CCOCC1.O=[N+]([O-])c1ccc(CCO)cc1. The van der Waals surface area contributed by atoms with Crippen molar-refractivity contribution in [2.24, 2.45) is 0 Å². The van der Waals surface area contributed by atoms with Gasteiger partial charge in [0.05, 0.1) is 18.1 Å². The number of morpholine rings is 1. The Hall–Kier alpha value is -2.03. The van der Waals surface area contributed by atoms with Crippen molar-refractivity contribution in [1.82, 2.24) is 4.90 Å². The predicted octanol–water partition coefficient (Wildman–Crippen LogP) is 2.09. The summed E-state index contributed by atoms with van der Waals surface area (Å²) in [6, 6.07) is 6.17. The van der Waals surface area contributed by atoms with E-state index in [4.69, 9.17) is 14.9 Å². The highest BCUT2D eigenvalue weighted by Gasteiger charge is 2.09. The van der Waals surface area contributed by atoms with Crippen LogP contribution in [0.15, 0.2) is 24.3 Å². The first-order valence-corrected chi connectivity index (χ1v) is 8.89. The third kappa shape index (κ3) is 10.1. The van der Waals surface area contributed by atoms with E-state index in [9.17, 15) is 14.9 Å². The molecule has 1 aliphatic heterocycles. The van der Waals surface area contributed by atoms with Crippen molar-refractivity contribution < 1.29 is 24.7 Å². The van der Waals surface area contributed by atoms with Gasteiger partial charge in [-0.05, 0) is 31.4 Å². The summed E-state index contributed by atoms with van der Waals surface area (Å²) in [6.45, 7) is 4.89. The maximum Gasteiger partial charge on any atom is 0.303 e. The molecule has 8 nitrogen and oxygen atoms in total. The molecule has 0 saturated carbocycles. The van der Waals surface area contributed by atoms with E-state index in [1.807, 2.05) is 0 Å². The zero-order valence-electron chi connectivity index (χ0n) is 15.0. The normalized spacial score (nSPS) is 14.3. The van der Waals surface area contributed by atoms with E-state index < -0.39 is 10.9 Å². The lowest BCUT2D eigenvalue weighted by atomic mass is 10.1. The highest BCUT2D eigenvalue weighted by Crippen LogP contribution is 2.11. The van der Waals surface area contributed by atoms with Crippen molar-refractivity contribution in [3.63, 3.8) is 0 Å². The van der Waals surface area contributed by atoms with E-state index in [-0.39, 0.29) is 12.3 Å². The molecule has 1 aromatic rings. The van der Waals surface area contributed by atoms with Gasteiger partial charge in [0.1, 0.15) is 0 Å². The van der Waals surface area contributed by atoms with Crippen LogP contribution in [-0.2, 0) is 16.0 Å². The molecule has 1 heterocycles. The van der Waals surface area contributed by atoms with Crippen LogP contribution >= 0.6 is 0 Å². The minimum atomic E-state index is -0.684. The second-order valence-corrected chi connectivity index (χ2v) is 6.06. The van der Waals surface area contributed by atoms with Crippen LogP contribution in [0.4, 0.5) is 5.69 Å². The number of benzene rings is 1. The van der Waals surface area contributed by atoms with Gasteiger partial charge in [-0.15, -0.1) is 0 Å². The molecule has 1 fully saturated rings. The number of aliphatic carboxylic acids is 1. The monoisotopic (exact) mass is 368 g/mol. The van der Waals surface area contributed by atoms with Crippen LogP contribution in [0, 0.1) is 10.1 Å². The van der Waals surface area contributed by atoms with E-state index >= 15 is 0 Å². The smallest absolute Gasteiger partial charge is 0.303 e. The van der Waals surface area contributed by atoms with Crippen LogP contribution in [0.25, 0.3) is 0 Å². The minimum absolute atomic E-state index is 0.0673. The Morgan fingerprint density at radius 2 is 1.81 bits per heavy atom.